The number of anilines is 1. The lowest BCUT2D eigenvalue weighted by atomic mass is 9.70. The summed E-state index contributed by atoms with van der Waals surface area (Å²) < 4.78 is 2.19. The third kappa shape index (κ3) is 4.02. The molecule has 0 aliphatic heterocycles. The lowest BCUT2D eigenvalue weighted by Crippen LogP contribution is -2.35. The molecule has 0 amide bonds. The summed E-state index contributed by atoms with van der Waals surface area (Å²) in [7, 11) is 0. The molecule has 32 heavy (non-hydrogen) atoms. The molecule has 0 spiro atoms. The van der Waals surface area contributed by atoms with Gasteiger partial charge in [0.05, 0.1) is 5.39 Å². The zero-order valence-electron chi connectivity index (χ0n) is 19.5. The second kappa shape index (κ2) is 8.09. The van der Waals surface area contributed by atoms with Gasteiger partial charge in [-0.05, 0) is 55.2 Å². The second-order valence-electron chi connectivity index (χ2n) is 10.3. The molecular formula is C28H32N4. The first-order valence-electron chi connectivity index (χ1n) is 11.6. The minimum Gasteiger partial charge on any atom is -0.367 e. The van der Waals surface area contributed by atoms with Gasteiger partial charge in [0.25, 0.3) is 0 Å². The Morgan fingerprint density at radius 1 is 0.969 bits per heavy atom. The van der Waals surface area contributed by atoms with Gasteiger partial charge >= 0.3 is 0 Å². The molecule has 4 nitrogen and oxygen atoms in total. The quantitative estimate of drug-likeness (QED) is 0.383. The highest BCUT2D eigenvalue weighted by molar-refractivity contribution is 6.02. The normalized spacial score (nSPS) is 20.4. The van der Waals surface area contributed by atoms with E-state index in [1.165, 1.54) is 24.0 Å². The molecule has 0 unspecified atom stereocenters. The van der Waals surface area contributed by atoms with Gasteiger partial charge in [-0.3, -0.25) is 0 Å². The van der Waals surface area contributed by atoms with Crippen LogP contribution in [0.25, 0.3) is 27.8 Å². The van der Waals surface area contributed by atoms with Crippen molar-refractivity contribution in [3.05, 3.63) is 72.7 Å². The van der Waals surface area contributed by atoms with Crippen molar-refractivity contribution < 1.29 is 0 Å². The maximum Gasteiger partial charge on any atom is 0.150 e. The fraction of sp³-hybridized carbons (Fsp3) is 0.357. The van der Waals surface area contributed by atoms with E-state index in [2.05, 4.69) is 98.4 Å². The number of hydrogen-bond acceptors (Lipinski definition) is 3. The minimum absolute atomic E-state index is 0.345. The van der Waals surface area contributed by atoms with Crippen molar-refractivity contribution in [2.24, 2.45) is 11.3 Å². The van der Waals surface area contributed by atoms with Crippen molar-refractivity contribution in [1.29, 1.82) is 0 Å². The zero-order chi connectivity index (χ0) is 22.3. The van der Waals surface area contributed by atoms with Gasteiger partial charge in [0, 0.05) is 23.5 Å². The van der Waals surface area contributed by atoms with Gasteiger partial charge in [-0.1, -0.05) is 68.8 Å². The first-order chi connectivity index (χ1) is 15.4. The molecule has 5 rings (SSSR count). The largest absolute Gasteiger partial charge is 0.367 e. The van der Waals surface area contributed by atoms with Crippen molar-refractivity contribution >= 4 is 16.9 Å². The van der Waals surface area contributed by atoms with Crippen LogP contribution in [0.1, 0.15) is 45.6 Å². The third-order valence-electron chi connectivity index (χ3n) is 6.71. The summed E-state index contributed by atoms with van der Waals surface area (Å²) in [5.41, 5.74) is 5.98. The number of nitrogens with zero attached hydrogens (tertiary/aromatic N) is 3. The third-order valence-corrected chi connectivity index (χ3v) is 6.71. The van der Waals surface area contributed by atoms with Crippen LogP contribution in [0.5, 0.6) is 0 Å². The Morgan fingerprint density at radius 3 is 2.44 bits per heavy atom. The monoisotopic (exact) mass is 424 g/mol. The standard InChI is InChI=1S/C28H32N4/c1-19-10-12-23(13-11-19)32-17-24(21-8-6-5-7-9-21)25-26(29-18-30-27(25)32)31-22-14-20(2)15-28(3,4)16-22/h5-13,17-18,20,22H,14-16H2,1-4H3,(H,29,30,31)/t20-,22+/m1/s1. The first kappa shape index (κ1) is 20.7. The highest BCUT2D eigenvalue weighted by Crippen LogP contribution is 2.41. The molecule has 2 aromatic carbocycles. The van der Waals surface area contributed by atoms with Crippen molar-refractivity contribution in [2.45, 2.75) is 53.0 Å². The number of nitrogens with one attached hydrogen (secondary N) is 1. The number of rotatable bonds is 4. The fourth-order valence-corrected chi connectivity index (χ4v) is 5.56. The van der Waals surface area contributed by atoms with E-state index in [0.717, 1.165) is 34.5 Å². The van der Waals surface area contributed by atoms with Gasteiger partial charge in [0.2, 0.25) is 0 Å². The first-order valence-corrected chi connectivity index (χ1v) is 11.6. The zero-order valence-corrected chi connectivity index (χ0v) is 19.5. The molecule has 4 heteroatoms. The summed E-state index contributed by atoms with van der Waals surface area (Å²) in [6.45, 7) is 9.25. The molecule has 1 fully saturated rings. The van der Waals surface area contributed by atoms with E-state index in [0.29, 0.717) is 17.4 Å². The van der Waals surface area contributed by atoms with E-state index in [1.54, 1.807) is 6.33 Å². The Labute approximate surface area is 190 Å². The molecule has 164 valence electrons. The van der Waals surface area contributed by atoms with Crippen LogP contribution in [0.2, 0.25) is 0 Å². The van der Waals surface area contributed by atoms with Gasteiger partial charge in [-0.15, -0.1) is 0 Å². The average Bonchev–Trinajstić information content (AvgIpc) is 3.14. The van der Waals surface area contributed by atoms with E-state index in [-0.39, 0.29) is 0 Å². The summed E-state index contributed by atoms with van der Waals surface area (Å²) in [6, 6.07) is 19.6. The molecule has 2 heterocycles. The second-order valence-corrected chi connectivity index (χ2v) is 10.3. The Hall–Kier alpha value is -3.14. The van der Waals surface area contributed by atoms with Crippen LogP contribution in [0, 0.1) is 18.3 Å². The number of fused-ring (bicyclic) bond motifs is 1. The predicted octanol–water partition coefficient (Wildman–Crippen LogP) is 7.02. The van der Waals surface area contributed by atoms with Crippen LogP contribution in [-0.2, 0) is 0 Å². The van der Waals surface area contributed by atoms with Crippen LogP contribution in [0.3, 0.4) is 0 Å². The highest BCUT2D eigenvalue weighted by atomic mass is 15.1. The number of aromatic nitrogens is 3. The Kier molecular flexibility index (Phi) is 5.24. The molecule has 1 aliphatic rings. The number of benzene rings is 2. The van der Waals surface area contributed by atoms with Crippen molar-refractivity contribution in [1.82, 2.24) is 14.5 Å². The van der Waals surface area contributed by atoms with Crippen LogP contribution < -0.4 is 5.32 Å². The highest BCUT2D eigenvalue weighted by Gasteiger charge is 2.32. The Balaban J connectivity index is 1.65. The van der Waals surface area contributed by atoms with Crippen molar-refractivity contribution in [2.75, 3.05) is 5.32 Å². The Morgan fingerprint density at radius 2 is 1.72 bits per heavy atom. The fourth-order valence-electron chi connectivity index (χ4n) is 5.56. The molecular weight excluding hydrogens is 392 g/mol. The van der Waals surface area contributed by atoms with E-state index < -0.39 is 0 Å². The van der Waals surface area contributed by atoms with Crippen molar-refractivity contribution in [3.8, 4) is 16.8 Å². The molecule has 1 N–H and O–H groups in total. The van der Waals surface area contributed by atoms with Crippen LogP contribution in [0.4, 0.5) is 5.82 Å². The van der Waals surface area contributed by atoms with Gasteiger partial charge < -0.3 is 9.88 Å². The molecule has 0 bridgehead atoms. The van der Waals surface area contributed by atoms with Gasteiger partial charge in [-0.25, -0.2) is 9.97 Å². The van der Waals surface area contributed by atoms with Gasteiger partial charge in [0.15, 0.2) is 5.65 Å². The Bertz CT molecular complexity index is 1220. The lowest BCUT2D eigenvalue weighted by molar-refractivity contribution is 0.178. The summed E-state index contributed by atoms with van der Waals surface area (Å²) in [4.78, 5) is 9.48. The topological polar surface area (TPSA) is 42.7 Å². The smallest absolute Gasteiger partial charge is 0.150 e. The van der Waals surface area contributed by atoms with E-state index in [9.17, 15) is 0 Å². The van der Waals surface area contributed by atoms with E-state index in [1.807, 2.05) is 0 Å². The summed E-state index contributed by atoms with van der Waals surface area (Å²) in [5, 5.41) is 4.92. The van der Waals surface area contributed by atoms with Gasteiger partial charge in [0.1, 0.15) is 12.1 Å². The van der Waals surface area contributed by atoms with Gasteiger partial charge in [-0.2, -0.15) is 0 Å². The van der Waals surface area contributed by atoms with Crippen LogP contribution in [-0.4, -0.2) is 20.6 Å². The van der Waals surface area contributed by atoms with E-state index in [4.69, 9.17) is 9.97 Å². The van der Waals surface area contributed by atoms with E-state index >= 15 is 0 Å². The lowest BCUT2D eigenvalue weighted by Gasteiger charge is -2.39. The molecule has 0 radical (unpaired) electrons. The van der Waals surface area contributed by atoms with Crippen LogP contribution >= 0.6 is 0 Å². The molecule has 1 saturated carbocycles. The number of hydrogen-bond donors (Lipinski definition) is 1. The minimum atomic E-state index is 0.345. The average molecular weight is 425 g/mol. The summed E-state index contributed by atoms with van der Waals surface area (Å²) >= 11 is 0. The maximum atomic E-state index is 4.75. The number of aryl methyl sites for hydroxylation is 1. The predicted molar refractivity (Wildman–Crippen MR) is 133 cm³/mol. The maximum absolute atomic E-state index is 4.75. The molecule has 2 atom stereocenters. The molecule has 1 aliphatic carbocycles. The van der Waals surface area contributed by atoms with Crippen LogP contribution in [0.15, 0.2) is 67.1 Å². The summed E-state index contributed by atoms with van der Waals surface area (Å²) in [6.07, 6.45) is 7.51. The SMILES string of the molecule is Cc1ccc(-n2cc(-c3ccccc3)c3c(N[C@H]4C[C@@H](C)CC(C)(C)C4)ncnc32)cc1. The molecule has 2 aromatic heterocycles. The van der Waals surface area contributed by atoms with Crippen molar-refractivity contribution in [3.63, 3.8) is 0 Å². The molecule has 0 saturated heterocycles. The molecule has 4 aromatic rings. The summed E-state index contributed by atoms with van der Waals surface area (Å²) in [5.74, 6) is 1.65.